The summed E-state index contributed by atoms with van der Waals surface area (Å²) in [5.41, 5.74) is 8.68. The fourth-order valence-corrected chi connectivity index (χ4v) is 5.84. The van der Waals surface area contributed by atoms with E-state index in [2.05, 4.69) is 32.1 Å². The minimum atomic E-state index is -0.415. The van der Waals surface area contributed by atoms with Gasteiger partial charge in [-0.05, 0) is 72.4 Å². The summed E-state index contributed by atoms with van der Waals surface area (Å²) in [5.74, 6) is 1.48. The highest BCUT2D eigenvalue weighted by atomic mass is 16.5. The molecule has 4 nitrogen and oxygen atoms in total. The van der Waals surface area contributed by atoms with Crippen molar-refractivity contribution in [3.63, 3.8) is 0 Å². The zero-order valence-electron chi connectivity index (χ0n) is 19.3. The normalized spacial score (nSPS) is 28.2. The Morgan fingerprint density at radius 2 is 1.97 bits per heavy atom. The van der Waals surface area contributed by atoms with Crippen LogP contribution in [0.5, 0.6) is 0 Å². The van der Waals surface area contributed by atoms with Crippen molar-refractivity contribution >= 4 is 0 Å². The third-order valence-electron chi connectivity index (χ3n) is 7.27. The van der Waals surface area contributed by atoms with Gasteiger partial charge >= 0.3 is 0 Å². The summed E-state index contributed by atoms with van der Waals surface area (Å²) >= 11 is 0. The molecule has 1 saturated heterocycles. The van der Waals surface area contributed by atoms with Gasteiger partial charge < -0.3 is 19.7 Å². The molecular formula is C27H38O4. The summed E-state index contributed by atoms with van der Waals surface area (Å²) in [6.07, 6.45) is 12.4. The predicted molar refractivity (Wildman–Crippen MR) is 123 cm³/mol. The number of allylic oxidation sites excluding steroid dienone is 4. The van der Waals surface area contributed by atoms with Gasteiger partial charge in [0.05, 0.1) is 37.8 Å². The molecule has 1 aromatic carbocycles. The van der Waals surface area contributed by atoms with Gasteiger partial charge in [0.1, 0.15) is 0 Å². The van der Waals surface area contributed by atoms with E-state index in [0.29, 0.717) is 18.8 Å². The molecule has 4 rings (SSSR count). The lowest BCUT2D eigenvalue weighted by atomic mass is 9.82. The molecule has 4 heteroatoms. The van der Waals surface area contributed by atoms with E-state index >= 15 is 0 Å². The monoisotopic (exact) mass is 426 g/mol. The van der Waals surface area contributed by atoms with E-state index in [-0.39, 0.29) is 18.8 Å². The lowest BCUT2D eigenvalue weighted by molar-refractivity contribution is -0.114. The minimum absolute atomic E-state index is 0.0343. The van der Waals surface area contributed by atoms with Crippen LogP contribution in [0.15, 0.2) is 29.6 Å². The summed E-state index contributed by atoms with van der Waals surface area (Å²) in [6.45, 7) is 4.43. The Morgan fingerprint density at radius 3 is 2.68 bits per heavy atom. The van der Waals surface area contributed by atoms with E-state index in [4.69, 9.17) is 9.47 Å². The summed E-state index contributed by atoms with van der Waals surface area (Å²) in [7, 11) is 1.75. The van der Waals surface area contributed by atoms with Gasteiger partial charge in [0.25, 0.3) is 0 Å². The molecule has 1 aromatic rings. The van der Waals surface area contributed by atoms with E-state index in [1.807, 2.05) is 0 Å². The minimum Gasteiger partial charge on any atom is -0.501 e. The first-order valence-corrected chi connectivity index (χ1v) is 12.1. The van der Waals surface area contributed by atoms with Gasteiger partial charge in [0.15, 0.2) is 0 Å². The van der Waals surface area contributed by atoms with Crippen LogP contribution in [0.2, 0.25) is 0 Å². The molecule has 0 saturated carbocycles. The molecule has 0 spiro atoms. The number of hydrogen-bond acceptors (Lipinski definition) is 4. The van der Waals surface area contributed by atoms with Crippen molar-refractivity contribution < 1.29 is 19.7 Å². The van der Waals surface area contributed by atoms with E-state index in [1.54, 1.807) is 12.7 Å². The fraction of sp³-hybridized carbons (Fsp3) is 0.630. The fourth-order valence-electron chi connectivity index (χ4n) is 5.84. The Balaban J connectivity index is 1.72. The van der Waals surface area contributed by atoms with E-state index in [9.17, 15) is 10.2 Å². The second-order valence-electron chi connectivity index (χ2n) is 9.60. The maximum Gasteiger partial charge on any atom is 0.0986 e. The number of rotatable bonds is 7. The van der Waals surface area contributed by atoms with Crippen molar-refractivity contribution in [1.29, 1.82) is 0 Å². The van der Waals surface area contributed by atoms with Gasteiger partial charge in [0, 0.05) is 18.8 Å². The van der Waals surface area contributed by atoms with Crippen LogP contribution in [0.4, 0.5) is 0 Å². The standard InChI is InChI=1S/C27H38O4/c1-4-6-23-24-8-5-7-22(24)19(12-18-9-10-26(30-3)17(2)11-18)13-25(23)27-15-20(29)14-21(16-28)31-27/h9-10,13,17,20-21,27-29H,4-8,11-12,14-16H2,1-3H3/t17?,20-,21-,27+/m0/s1. The number of benzene rings is 1. The molecular weight excluding hydrogens is 388 g/mol. The molecule has 1 aliphatic heterocycles. The highest BCUT2D eigenvalue weighted by Crippen LogP contribution is 2.41. The van der Waals surface area contributed by atoms with Crippen LogP contribution in [0.25, 0.3) is 0 Å². The SMILES string of the molecule is CCCc1c([C@H]2C[C@@H](O)C[C@@H](CO)O2)cc(CC2=CC=C(OC)C(C)C2)c2c1CCC2. The summed E-state index contributed by atoms with van der Waals surface area (Å²) in [4.78, 5) is 0. The molecule has 0 radical (unpaired) electrons. The molecule has 170 valence electrons. The first-order chi connectivity index (χ1) is 15.0. The molecule has 0 aromatic heterocycles. The summed E-state index contributed by atoms with van der Waals surface area (Å²) in [6, 6.07) is 2.38. The second kappa shape index (κ2) is 9.89. The third kappa shape index (κ3) is 4.76. The van der Waals surface area contributed by atoms with Gasteiger partial charge in [-0.1, -0.05) is 38.0 Å². The molecule has 2 N–H and O–H groups in total. The van der Waals surface area contributed by atoms with Crippen LogP contribution in [-0.4, -0.2) is 36.1 Å². The van der Waals surface area contributed by atoms with Crippen molar-refractivity contribution in [2.45, 2.75) is 89.9 Å². The summed E-state index contributed by atoms with van der Waals surface area (Å²) < 4.78 is 11.8. The number of aliphatic hydroxyl groups is 2. The lowest BCUT2D eigenvalue weighted by Gasteiger charge is -2.34. The van der Waals surface area contributed by atoms with Crippen LogP contribution >= 0.6 is 0 Å². The van der Waals surface area contributed by atoms with Crippen LogP contribution in [0, 0.1) is 5.92 Å². The first-order valence-electron chi connectivity index (χ1n) is 12.1. The lowest BCUT2D eigenvalue weighted by Crippen LogP contribution is -2.34. The van der Waals surface area contributed by atoms with Gasteiger partial charge in [-0.25, -0.2) is 0 Å². The molecule has 0 bridgehead atoms. The van der Waals surface area contributed by atoms with Gasteiger partial charge in [-0.15, -0.1) is 0 Å². The zero-order valence-corrected chi connectivity index (χ0v) is 19.3. The van der Waals surface area contributed by atoms with Crippen molar-refractivity contribution in [3.8, 4) is 0 Å². The smallest absolute Gasteiger partial charge is 0.0986 e. The maximum absolute atomic E-state index is 10.4. The molecule has 3 aliphatic rings. The topological polar surface area (TPSA) is 58.9 Å². The van der Waals surface area contributed by atoms with Crippen molar-refractivity contribution in [2.24, 2.45) is 5.92 Å². The number of aliphatic hydroxyl groups excluding tert-OH is 2. The van der Waals surface area contributed by atoms with Crippen LogP contribution in [0.3, 0.4) is 0 Å². The zero-order chi connectivity index (χ0) is 22.0. The maximum atomic E-state index is 10.4. The largest absolute Gasteiger partial charge is 0.501 e. The number of fused-ring (bicyclic) bond motifs is 1. The highest BCUT2D eigenvalue weighted by Gasteiger charge is 2.33. The van der Waals surface area contributed by atoms with Crippen LogP contribution < -0.4 is 0 Å². The van der Waals surface area contributed by atoms with Crippen molar-refractivity contribution in [3.05, 3.63) is 57.4 Å². The van der Waals surface area contributed by atoms with Gasteiger partial charge in [-0.2, -0.15) is 0 Å². The molecule has 4 atom stereocenters. The Hall–Kier alpha value is -1.62. The first kappa shape index (κ1) is 22.6. The van der Waals surface area contributed by atoms with Crippen molar-refractivity contribution in [1.82, 2.24) is 0 Å². The number of hydrogen-bond donors (Lipinski definition) is 2. The molecule has 1 heterocycles. The van der Waals surface area contributed by atoms with E-state index < -0.39 is 6.10 Å². The molecule has 2 aliphatic carbocycles. The third-order valence-corrected chi connectivity index (χ3v) is 7.27. The van der Waals surface area contributed by atoms with Crippen molar-refractivity contribution in [2.75, 3.05) is 13.7 Å². The second-order valence-corrected chi connectivity index (χ2v) is 9.60. The summed E-state index contributed by atoms with van der Waals surface area (Å²) in [5, 5.41) is 20.1. The Labute approximate surface area is 187 Å². The average molecular weight is 427 g/mol. The van der Waals surface area contributed by atoms with Crippen LogP contribution in [0.1, 0.15) is 79.9 Å². The van der Waals surface area contributed by atoms with Crippen LogP contribution in [-0.2, 0) is 35.2 Å². The molecule has 31 heavy (non-hydrogen) atoms. The number of methoxy groups -OCH3 is 1. The van der Waals surface area contributed by atoms with E-state index in [1.165, 1.54) is 34.2 Å². The molecule has 1 fully saturated rings. The average Bonchev–Trinajstić information content (AvgIpc) is 3.25. The molecule has 1 unspecified atom stereocenters. The van der Waals surface area contributed by atoms with Gasteiger partial charge in [-0.3, -0.25) is 0 Å². The Morgan fingerprint density at radius 1 is 1.16 bits per heavy atom. The Kier molecular flexibility index (Phi) is 7.20. The molecule has 0 amide bonds. The van der Waals surface area contributed by atoms with E-state index in [0.717, 1.165) is 44.3 Å². The highest BCUT2D eigenvalue weighted by molar-refractivity contribution is 5.51. The number of ether oxygens (including phenoxy) is 2. The Bertz CT molecular complexity index is 853. The predicted octanol–water partition coefficient (Wildman–Crippen LogP) is 4.74. The quantitative estimate of drug-likeness (QED) is 0.661. The van der Waals surface area contributed by atoms with Gasteiger partial charge in [0.2, 0.25) is 0 Å².